The van der Waals surface area contributed by atoms with Crippen LogP contribution in [0.1, 0.15) is 139 Å². The smallest absolute Gasteiger partial charge is 0.225 e. The SMILES string of the molecule is CC[C@@H](C(=O)[C@@H](C)[C@@H](O)[C@H](C)[C@@H]1O[C@@H]([C@@H](CC)C(=O)NCc2cccc(F)c2)CC[C@@H]1C)[C@H]1O[C@@]2(C=C[C@@H](O)[C@@]3(CC[C@@](C)([C@H]4CC[C@](O)(CC)[C@H](C)O4)O3)O2)[C@H](C)C[C@@H]1C. The van der Waals surface area contributed by atoms with Gasteiger partial charge in [0.15, 0.2) is 5.79 Å². The molecule has 4 saturated heterocycles. The van der Waals surface area contributed by atoms with Gasteiger partial charge in [0.2, 0.25) is 11.7 Å². The zero-order valence-corrected chi connectivity index (χ0v) is 38.4. The topological polar surface area (TPSA) is 153 Å². The van der Waals surface area contributed by atoms with Gasteiger partial charge in [0.1, 0.15) is 17.7 Å². The third-order valence-electron chi connectivity index (χ3n) is 15.8. The van der Waals surface area contributed by atoms with Gasteiger partial charge in [-0.1, -0.05) is 67.5 Å². The summed E-state index contributed by atoms with van der Waals surface area (Å²) in [6, 6.07) is 6.18. The summed E-state index contributed by atoms with van der Waals surface area (Å²) in [6.45, 7) is 20.0. The van der Waals surface area contributed by atoms with Gasteiger partial charge in [-0.3, -0.25) is 9.59 Å². The molecule has 5 aliphatic heterocycles. The quantitative estimate of drug-likeness (QED) is 0.138. The van der Waals surface area contributed by atoms with Gasteiger partial charge in [0, 0.05) is 36.6 Å². The maximum atomic E-state index is 14.6. The number of amides is 1. The molecule has 1 aromatic rings. The minimum Gasteiger partial charge on any atom is -0.392 e. The predicted octanol–water partition coefficient (Wildman–Crippen LogP) is 7.56. The molecular formula is C49H76FNO10. The Balaban J connectivity index is 1.12. The first-order valence-corrected chi connectivity index (χ1v) is 23.5. The van der Waals surface area contributed by atoms with E-state index in [1.807, 2.05) is 41.5 Å². The van der Waals surface area contributed by atoms with Crippen molar-refractivity contribution < 1.29 is 53.0 Å². The number of hydrogen-bond acceptors (Lipinski definition) is 10. The van der Waals surface area contributed by atoms with Gasteiger partial charge in [0.25, 0.3) is 0 Å². The summed E-state index contributed by atoms with van der Waals surface area (Å²) in [5.74, 6) is -5.31. The van der Waals surface area contributed by atoms with E-state index in [-0.39, 0.29) is 66.2 Å². The maximum absolute atomic E-state index is 14.6. The molecular weight excluding hydrogens is 782 g/mol. The van der Waals surface area contributed by atoms with E-state index in [1.165, 1.54) is 12.1 Å². The van der Waals surface area contributed by atoms with Crippen molar-refractivity contribution in [2.24, 2.45) is 41.4 Å². The third-order valence-corrected chi connectivity index (χ3v) is 15.8. The normalized spacial score (nSPS) is 41.6. The van der Waals surface area contributed by atoms with Crippen molar-refractivity contribution in [3.8, 4) is 0 Å². The van der Waals surface area contributed by atoms with Crippen LogP contribution in [0.4, 0.5) is 4.39 Å². The summed E-state index contributed by atoms with van der Waals surface area (Å²) >= 11 is 0. The first kappa shape index (κ1) is 48.2. The van der Waals surface area contributed by atoms with Gasteiger partial charge in [-0.15, -0.1) is 0 Å². The van der Waals surface area contributed by atoms with Gasteiger partial charge in [0.05, 0.1) is 53.7 Å². The highest BCUT2D eigenvalue weighted by atomic mass is 19.1. The van der Waals surface area contributed by atoms with Crippen molar-refractivity contribution >= 4 is 11.7 Å². The average Bonchev–Trinajstić information content (AvgIpc) is 3.58. The van der Waals surface area contributed by atoms with E-state index >= 15 is 0 Å². The van der Waals surface area contributed by atoms with Crippen molar-refractivity contribution in [2.45, 2.75) is 205 Å². The van der Waals surface area contributed by atoms with E-state index in [0.717, 1.165) is 6.42 Å². The zero-order valence-electron chi connectivity index (χ0n) is 38.4. The summed E-state index contributed by atoms with van der Waals surface area (Å²) in [7, 11) is 0. The van der Waals surface area contributed by atoms with Gasteiger partial charge < -0.3 is 44.3 Å². The number of carbonyl (C=O) groups excluding carboxylic acids is 2. The van der Waals surface area contributed by atoms with Crippen molar-refractivity contribution in [3.63, 3.8) is 0 Å². The van der Waals surface area contributed by atoms with E-state index in [2.05, 4.69) is 26.1 Å². The lowest BCUT2D eigenvalue weighted by molar-refractivity contribution is -0.409. The molecule has 1 amide bonds. The molecule has 4 fully saturated rings. The second-order valence-corrected chi connectivity index (χ2v) is 19.9. The van der Waals surface area contributed by atoms with Crippen LogP contribution in [0.25, 0.3) is 0 Å². The number of Topliss-reactive ketones (excluding diaryl/α,β-unsaturated/α-hetero) is 1. The first-order chi connectivity index (χ1) is 28.8. The highest BCUT2D eigenvalue weighted by Crippen LogP contribution is 2.54. The molecule has 5 aliphatic rings. The van der Waals surface area contributed by atoms with E-state index in [4.69, 9.17) is 23.7 Å². The summed E-state index contributed by atoms with van der Waals surface area (Å²) in [6.07, 6.45) is 5.64. The van der Waals surface area contributed by atoms with E-state index in [9.17, 15) is 29.3 Å². The Morgan fingerprint density at radius 2 is 1.66 bits per heavy atom. The molecule has 2 spiro atoms. The van der Waals surface area contributed by atoms with E-state index in [0.29, 0.717) is 63.4 Å². The number of ketones is 1. The standard InChI is InChI=1S/C49H76FNO10/c1-11-36(45(55)51-27-34-15-14-16-35(50)26-34)38-18-17-28(4)43(58-38)32(8)41(53)31(7)42(54)37(12-2)44-29(5)25-30(6)48(59-44)22-19-39(52)49(61-48)24-23-46(10,60-49)40-20-21-47(56,13-3)33(9)57-40/h14-16,19,22,26,28-33,36-41,43-44,52-53,56H,11-13,17-18,20-21,23-25,27H2,1-10H3,(H,51,55)/t28-,29-,30+,31-,32-,33-,36+,37-,38+,39+,40+,41+,43+,44-,46-,47+,48+,49+/m0/s1. The molecule has 344 valence electrons. The Morgan fingerprint density at radius 1 is 0.934 bits per heavy atom. The Labute approximate surface area is 363 Å². The molecule has 61 heavy (non-hydrogen) atoms. The Kier molecular flexibility index (Phi) is 15.0. The lowest BCUT2D eigenvalue weighted by Gasteiger charge is -2.54. The highest BCUT2D eigenvalue weighted by molar-refractivity contribution is 5.84. The Morgan fingerprint density at radius 3 is 2.31 bits per heavy atom. The van der Waals surface area contributed by atoms with Crippen LogP contribution in [0.3, 0.4) is 0 Å². The fourth-order valence-corrected chi connectivity index (χ4v) is 11.5. The lowest BCUT2D eigenvalue weighted by atomic mass is 9.72. The first-order valence-electron chi connectivity index (χ1n) is 23.5. The second kappa shape index (κ2) is 19.0. The average molecular weight is 858 g/mol. The molecule has 18 atom stereocenters. The van der Waals surface area contributed by atoms with Crippen molar-refractivity contribution in [1.29, 1.82) is 0 Å². The number of halogens is 1. The molecule has 4 N–H and O–H groups in total. The number of carbonyl (C=O) groups is 2. The monoisotopic (exact) mass is 858 g/mol. The molecule has 0 unspecified atom stereocenters. The van der Waals surface area contributed by atoms with Crippen molar-refractivity contribution in [3.05, 3.63) is 47.8 Å². The lowest BCUT2D eigenvalue weighted by Crippen LogP contribution is -2.63. The van der Waals surface area contributed by atoms with Gasteiger partial charge >= 0.3 is 0 Å². The molecule has 0 aliphatic carbocycles. The van der Waals surface area contributed by atoms with Crippen LogP contribution in [0, 0.1) is 47.2 Å². The molecule has 5 heterocycles. The van der Waals surface area contributed by atoms with Crippen LogP contribution >= 0.6 is 0 Å². The van der Waals surface area contributed by atoms with E-state index < -0.39 is 64.8 Å². The molecule has 0 aromatic heterocycles. The van der Waals surface area contributed by atoms with Crippen LogP contribution in [-0.4, -0.2) is 92.5 Å². The van der Waals surface area contributed by atoms with E-state index in [1.54, 1.807) is 31.2 Å². The number of ether oxygens (including phenoxy) is 5. The largest absolute Gasteiger partial charge is 0.392 e. The van der Waals surface area contributed by atoms with Gasteiger partial charge in [-0.2, -0.15) is 0 Å². The molecule has 0 bridgehead atoms. The number of aliphatic hydroxyl groups is 3. The number of rotatable bonds is 14. The van der Waals surface area contributed by atoms with Crippen LogP contribution < -0.4 is 5.32 Å². The predicted molar refractivity (Wildman–Crippen MR) is 229 cm³/mol. The van der Waals surface area contributed by atoms with Crippen LogP contribution in [0.15, 0.2) is 36.4 Å². The summed E-state index contributed by atoms with van der Waals surface area (Å²) in [5.41, 5.74) is -0.968. The molecule has 6 rings (SSSR count). The van der Waals surface area contributed by atoms with Gasteiger partial charge in [-0.25, -0.2) is 4.39 Å². The minimum atomic E-state index is -1.38. The van der Waals surface area contributed by atoms with Crippen LogP contribution in [0.5, 0.6) is 0 Å². The maximum Gasteiger partial charge on any atom is 0.225 e. The third kappa shape index (κ3) is 9.58. The zero-order chi connectivity index (χ0) is 44.7. The molecule has 11 nitrogen and oxygen atoms in total. The number of nitrogens with one attached hydrogen (secondary N) is 1. The van der Waals surface area contributed by atoms with Crippen molar-refractivity contribution in [1.82, 2.24) is 5.32 Å². The summed E-state index contributed by atoms with van der Waals surface area (Å²) in [5, 5.41) is 37.5. The minimum absolute atomic E-state index is 0.000732. The molecule has 0 saturated carbocycles. The Bertz CT molecular complexity index is 1710. The molecule has 0 radical (unpaired) electrons. The van der Waals surface area contributed by atoms with Crippen LogP contribution in [-0.2, 0) is 39.8 Å². The highest BCUT2D eigenvalue weighted by Gasteiger charge is 2.63. The number of hydrogen-bond donors (Lipinski definition) is 4. The number of benzene rings is 1. The summed E-state index contributed by atoms with van der Waals surface area (Å²) in [4.78, 5) is 28.1. The molecule has 1 aromatic carbocycles. The second-order valence-electron chi connectivity index (χ2n) is 19.9. The van der Waals surface area contributed by atoms with Gasteiger partial charge in [-0.05, 0) is 113 Å². The fraction of sp³-hybridized carbons (Fsp3) is 0.796. The Hall–Kier alpha value is -2.29. The fourth-order valence-electron chi connectivity index (χ4n) is 11.5. The number of aliphatic hydroxyl groups excluding tert-OH is 2. The summed E-state index contributed by atoms with van der Waals surface area (Å²) < 4.78 is 47.7. The molecule has 12 heteroatoms. The van der Waals surface area contributed by atoms with Crippen molar-refractivity contribution in [2.75, 3.05) is 0 Å². The van der Waals surface area contributed by atoms with Crippen LogP contribution in [0.2, 0.25) is 0 Å².